The van der Waals surface area contributed by atoms with E-state index in [9.17, 15) is 8.42 Å². The van der Waals surface area contributed by atoms with Crippen molar-refractivity contribution < 1.29 is 8.42 Å². The predicted molar refractivity (Wildman–Crippen MR) is 58.9 cm³/mol. The van der Waals surface area contributed by atoms with Gasteiger partial charge in [-0.3, -0.25) is 0 Å². The number of hydrogen-bond acceptors (Lipinski definition) is 3. The van der Waals surface area contributed by atoms with E-state index in [1.165, 1.54) is 0 Å². The van der Waals surface area contributed by atoms with Crippen LogP contribution in [0.5, 0.6) is 0 Å². The second kappa shape index (κ2) is 3.81. The van der Waals surface area contributed by atoms with Crippen molar-refractivity contribution >= 4 is 9.84 Å². The van der Waals surface area contributed by atoms with Crippen LogP contribution < -0.4 is 5.73 Å². The highest BCUT2D eigenvalue weighted by Gasteiger charge is 2.40. The average Bonchev–Trinajstić information content (AvgIpc) is 2.02. The minimum Gasteiger partial charge on any atom is -0.327 e. The molecule has 1 aliphatic carbocycles. The van der Waals surface area contributed by atoms with E-state index in [4.69, 9.17) is 5.73 Å². The maximum absolute atomic E-state index is 12.1. The predicted octanol–water partition coefficient (Wildman–Crippen LogP) is 1.47. The monoisotopic (exact) mass is 219 g/mol. The van der Waals surface area contributed by atoms with Crippen LogP contribution in [0, 0.1) is 0 Å². The summed E-state index contributed by atoms with van der Waals surface area (Å²) in [5, 5.41) is -0.323. The molecule has 1 fully saturated rings. The molecular formula is C10H21NO2S. The van der Waals surface area contributed by atoms with Gasteiger partial charge in [-0.25, -0.2) is 8.42 Å². The fourth-order valence-electron chi connectivity index (χ4n) is 1.96. The van der Waals surface area contributed by atoms with Crippen LogP contribution in [0.1, 0.15) is 46.5 Å². The first-order chi connectivity index (χ1) is 6.27. The Morgan fingerprint density at radius 3 is 2.07 bits per heavy atom. The lowest BCUT2D eigenvalue weighted by Gasteiger charge is -2.33. The Balaban J connectivity index is 2.92. The third kappa shape index (κ3) is 2.11. The molecule has 1 aliphatic rings. The smallest absolute Gasteiger partial charge is 0.159 e. The van der Waals surface area contributed by atoms with Crippen molar-refractivity contribution in [3.8, 4) is 0 Å². The molecule has 0 aromatic heterocycles. The average molecular weight is 219 g/mol. The maximum Gasteiger partial charge on any atom is 0.159 e. The molecule has 0 bridgehead atoms. The van der Waals surface area contributed by atoms with Gasteiger partial charge in [0.1, 0.15) is 0 Å². The van der Waals surface area contributed by atoms with Crippen molar-refractivity contribution in [3.05, 3.63) is 0 Å². The van der Waals surface area contributed by atoms with Gasteiger partial charge in [-0.05, 0) is 33.6 Å². The van der Waals surface area contributed by atoms with Gasteiger partial charge in [0.05, 0.1) is 10.00 Å². The molecule has 0 aliphatic heterocycles. The second-order valence-corrected chi connectivity index (χ2v) is 8.06. The molecule has 0 aromatic carbocycles. The molecule has 0 heterocycles. The molecule has 0 aromatic rings. The van der Waals surface area contributed by atoms with Gasteiger partial charge in [-0.15, -0.1) is 0 Å². The Morgan fingerprint density at radius 1 is 1.14 bits per heavy atom. The van der Waals surface area contributed by atoms with Gasteiger partial charge in [-0.1, -0.05) is 12.8 Å². The molecule has 0 radical (unpaired) electrons. The van der Waals surface area contributed by atoms with Crippen LogP contribution in [0.15, 0.2) is 0 Å². The Hall–Kier alpha value is -0.0900. The number of sulfone groups is 1. The number of nitrogens with two attached hydrogens (primary N) is 1. The maximum atomic E-state index is 12.1. The third-order valence-corrected chi connectivity index (χ3v) is 6.10. The van der Waals surface area contributed by atoms with Crippen LogP contribution in [0.3, 0.4) is 0 Å². The largest absolute Gasteiger partial charge is 0.327 e. The lowest BCUT2D eigenvalue weighted by Crippen LogP contribution is -2.48. The molecule has 2 N–H and O–H groups in total. The molecule has 3 nitrogen and oxygen atoms in total. The molecule has 1 rings (SSSR count). The van der Waals surface area contributed by atoms with Gasteiger partial charge in [0.25, 0.3) is 0 Å². The van der Waals surface area contributed by atoms with Crippen LogP contribution in [-0.2, 0) is 9.84 Å². The van der Waals surface area contributed by atoms with E-state index in [0.717, 1.165) is 25.7 Å². The zero-order valence-corrected chi connectivity index (χ0v) is 10.1. The molecule has 1 saturated carbocycles. The summed E-state index contributed by atoms with van der Waals surface area (Å²) in [6.45, 7) is 5.26. The number of hydrogen-bond donors (Lipinski definition) is 1. The lowest BCUT2D eigenvalue weighted by atomic mass is 9.96. The Kier molecular flexibility index (Phi) is 3.26. The topological polar surface area (TPSA) is 60.2 Å². The summed E-state index contributed by atoms with van der Waals surface area (Å²) in [7, 11) is -3.07. The second-order valence-electron chi connectivity index (χ2n) is 5.14. The van der Waals surface area contributed by atoms with Crippen LogP contribution in [0.25, 0.3) is 0 Å². The van der Waals surface area contributed by atoms with E-state index in [-0.39, 0.29) is 11.3 Å². The van der Waals surface area contributed by atoms with Gasteiger partial charge in [0.2, 0.25) is 0 Å². The number of rotatable bonds is 1. The van der Waals surface area contributed by atoms with Crippen LogP contribution >= 0.6 is 0 Å². The Morgan fingerprint density at radius 2 is 1.64 bits per heavy atom. The van der Waals surface area contributed by atoms with E-state index in [2.05, 4.69) is 0 Å². The van der Waals surface area contributed by atoms with Crippen molar-refractivity contribution in [2.24, 2.45) is 5.73 Å². The van der Waals surface area contributed by atoms with Crippen molar-refractivity contribution in [1.82, 2.24) is 0 Å². The van der Waals surface area contributed by atoms with Crippen LogP contribution in [0.4, 0.5) is 0 Å². The SMILES string of the molecule is CC(C)(C)S(=O)(=O)C1CCCCC1N. The Bertz CT molecular complexity index is 290. The van der Waals surface area contributed by atoms with E-state index >= 15 is 0 Å². The van der Waals surface area contributed by atoms with Crippen molar-refractivity contribution in [1.29, 1.82) is 0 Å². The van der Waals surface area contributed by atoms with Crippen LogP contribution in [0.2, 0.25) is 0 Å². The quantitative estimate of drug-likeness (QED) is 0.726. The first-order valence-electron chi connectivity index (χ1n) is 5.26. The summed E-state index contributed by atoms with van der Waals surface area (Å²) in [5.74, 6) is 0. The summed E-state index contributed by atoms with van der Waals surface area (Å²) in [6, 6.07) is -0.159. The molecule has 14 heavy (non-hydrogen) atoms. The minimum absolute atomic E-state index is 0.159. The summed E-state index contributed by atoms with van der Waals surface area (Å²) in [4.78, 5) is 0. The summed E-state index contributed by atoms with van der Waals surface area (Å²) >= 11 is 0. The third-order valence-electron chi connectivity index (χ3n) is 3.01. The van der Waals surface area contributed by atoms with Gasteiger partial charge < -0.3 is 5.73 Å². The van der Waals surface area contributed by atoms with E-state index in [1.54, 1.807) is 20.8 Å². The minimum atomic E-state index is -3.07. The molecule has 0 spiro atoms. The van der Waals surface area contributed by atoms with Gasteiger partial charge in [0, 0.05) is 6.04 Å². The Labute approximate surface area is 87.0 Å². The molecule has 0 amide bonds. The molecule has 2 unspecified atom stereocenters. The summed E-state index contributed by atoms with van der Waals surface area (Å²) < 4.78 is 23.6. The van der Waals surface area contributed by atoms with Gasteiger partial charge in [-0.2, -0.15) is 0 Å². The van der Waals surface area contributed by atoms with E-state index in [0.29, 0.717) is 0 Å². The normalized spacial score (nSPS) is 30.3. The van der Waals surface area contributed by atoms with Crippen molar-refractivity contribution in [2.75, 3.05) is 0 Å². The van der Waals surface area contributed by atoms with Gasteiger partial charge in [0.15, 0.2) is 9.84 Å². The van der Waals surface area contributed by atoms with Crippen molar-refractivity contribution in [3.63, 3.8) is 0 Å². The van der Waals surface area contributed by atoms with E-state index in [1.807, 2.05) is 0 Å². The standard InChI is InChI=1S/C10H21NO2S/c1-10(2,3)14(12,13)9-7-5-4-6-8(9)11/h8-9H,4-7,11H2,1-3H3. The highest BCUT2D eigenvalue weighted by molar-refractivity contribution is 7.93. The molecule has 4 heteroatoms. The van der Waals surface area contributed by atoms with Crippen LogP contribution in [-0.4, -0.2) is 24.5 Å². The zero-order valence-electron chi connectivity index (χ0n) is 9.29. The van der Waals surface area contributed by atoms with Gasteiger partial charge >= 0.3 is 0 Å². The highest BCUT2D eigenvalue weighted by Crippen LogP contribution is 2.30. The first kappa shape index (κ1) is 12.0. The molecule has 0 saturated heterocycles. The summed E-state index contributed by atoms with van der Waals surface area (Å²) in [5.41, 5.74) is 5.88. The molecule has 2 atom stereocenters. The fourth-order valence-corrected chi connectivity index (χ4v) is 3.95. The van der Waals surface area contributed by atoms with E-state index < -0.39 is 14.6 Å². The molecule has 84 valence electrons. The first-order valence-corrected chi connectivity index (χ1v) is 6.80. The zero-order chi connectivity index (χ0) is 11.0. The highest BCUT2D eigenvalue weighted by atomic mass is 32.2. The molecular weight excluding hydrogens is 198 g/mol. The lowest BCUT2D eigenvalue weighted by molar-refractivity contribution is 0.423. The fraction of sp³-hybridized carbons (Fsp3) is 1.00. The summed E-state index contributed by atoms with van der Waals surface area (Å²) in [6.07, 6.45) is 3.64. The van der Waals surface area contributed by atoms with Crippen molar-refractivity contribution in [2.45, 2.75) is 62.5 Å².